The fourth-order valence-corrected chi connectivity index (χ4v) is 3.18. The van der Waals surface area contributed by atoms with Crippen LogP contribution in [0.1, 0.15) is 28.9 Å². The zero-order valence-corrected chi connectivity index (χ0v) is 16.0. The molecule has 29 heavy (non-hydrogen) atoms. The van der Waals surface area contributed by atoms with Crippen LogP contribution >= 0.6 is 0 Å². The van der Waals surface area contributed by atoms with Crippen molar-refractivity contribution in [2.45, 2.75) is 19.9 Å². The Balaban J connectivity index is 1.50. The first kappa shape index (κ1) is 18.6. The number of carboxylic acid groups (broad SMARTS) is 1. The summed E-state index contributed by atoms with van der Waals surface area (Å²) < 4.78 is 1.83. The molecule has 1 saturated heterocycles. The molecule has 0 aliphatic carbocycles. The second kappa shape index (κ2) is 7.34. The third-order valence-electron chi connectivity index (χ3n) is 4.92. The first-order valence-electron chi connectivity index (χ1n) is 9.15. The number of carbonyl (C=O) groups is 2. The van der Waals surface area contributed by atoms with Crippen LogP contribution in [0.5, 0.6) is 0 Å². The summed E-state index contributed by atoms with van der Waals surface area (Å²) in [5, 5.41) is 16.6. The zero-order valence-electron chi connectivity index (χ0n) is 16.0. The first-order valence-corrected chi connectivity index (χ1v) is 9.15. The van der Waals surface area contributed by atoms with Crippen molar-refractivity contribution in [1.29, 1.82) is 0 Å². The lowest BCUT2D eigenvalue weighted by Crippen LogP contribution is -2.49. The van der Waals surface area contributed by atoms with Crippen LogP contribution < -0.4 is 5.32 Å². The maximum absolute atomic E-state index is 11.3. The van der Waals surface area contributed by atoms with E-state index in [1.807, 2.05) is 17.8 Å². The van der Waals surface area contributed by atoms with Gasteiger partial charge in [0.15, 0.2) is 0 Å². The molecule has 0 atom stereocenters. The lowest BCUT2D eigenvalue weighted by Gasteiger charge is -2.38. The number of carbonyl (C=O) groups excluding carboxylic acids is 1. The van der Waals surface area contributed by atoms with Gasteiger partial charge in [0.05, 0.1) is 29.2 Å². The van der Waals surface area contributed by atoms with Gasteiger partial charge in [-0.1, -0.05) is 12.1 Å². The third kappa shape index (κ3) is 3.79. The van der Waals surface area contributed by atoms with Crippen molar-refractivity contribution in [3.63, 3.8) is 0 Å². The second-order valence-corrected chi connectivity index (χ2v) is 7.02. The van der Waals surface area contributed by atoms with Crippen LogP contribution in [-0.4, -0.2) is 54.7 Å². The molecule has 0 bridgehead atoms. The van der Waals surface area contributed by atoms with Crippen molar-refractivity contribution in [3.8, 4) is 11.3 Å². The number of hydrogen-bond acceptors (Lipinski definition) is 6. The smallest absolute Gasteiger partial charge is 0.335 e. The molecule has 9 heteroatoms. The number of anilines is 2. The van der Waals surface area contributed by atoms with E-state index in [-0.39, 0.29) is 17.5 Å². The topological polar surface area (TPSA) is 113 Å². The van der Waals surface area contributed by atoms with Gasteiger partial charge in [0.2, 0.25) is 11.9 Å². The van der Waals surface area contributed by atoms with Crippen molar-refractivity contribution in [2.24, 2.45) is 0 Å². The van der Waals surface area contributed by atoms with Gasteiger partial charge in [-0.15, -0.1) is 0 Å². The fraction of sp³-hybridized carbons (Fsp3) is 0.250. The van der Waals surface area contributed by atoms with E-state index >= 15 is 0 Å². The van der Waals surface area contributed by atoms with E-state index in [1.165, 1.54) is 0 Å². The van der Waals surface area contributed by atoms with Gasteiger partial charge in [-0.25, -0.2) is 14.8 Å². The maximum Gasteiger partial charge on any atom is 0.335 e. The Morgan fingerprint density at radius 2 is 1.90 bits per heavy atom. The van der Waals surface area contributed by atoms with Gasteiger partial charge < -0.3 is 15.3 Å². The highest BCUT2D eigenvalue weighted by molar-refractivity contribution is 5.88. The molecule has 2 aromatic heterocycles. The summed E-state index contributed by atoms with van der Waals surface area (Å²) in [7, 11) is 0. The molecule has 0 unspecified atom stereocenters. The van der Waals surface area contributed by atoms with Gasteiger partial charge in [-0.2, -0.15) is 5.10 Å². The Hall–Kier alpha value is -3.75. The second-order valence-electron chi connectivity index (χ2n) is 7.02. The van der Waals surface area contributed by atoms with Crippen LogP contribution in [-0.2, 0) is 4.79 Å². The van der Waals surface area contributed by atoms with Crippen LogP contribution in [0.25, 0.3) is 11.3 Å². The SMILES string of the molecule is CC(=O)N1CC(n2cc(Nc3ncc(C)c(-c4ccc(C(=O)O)cc4)n3)cn2)C1. The van der Waals surface area contributed by atoms with Gasteiger partial charge in [-0.3, -0.25) is 9.48 Å². The highest BCUT2D eigenvalue weighted by Gasteiger charge is 2.30. The van der Waals surface area contributed by atoms with E-state index < -0.39 is 5.97 Å². The number of aryl methyl sites for hydroxylation is 1. The van der Waals surface area contributed by atoms with Gasteiger partial charge in [0.25, 0.3) is 0 Å². The van der Waals surface area contributed by atoms with Gasteiger partial charge in [0.1, 0.15) is 0 Å². The Morgan fingerprint density at radius 3 is 2.55 bits per heavy atom. The average Bonchev–Trinajstić information content (AvgIpc) is 3.10. The molecule has 9 nitrogen and oxygen atoms in total. The minimum atomic E-state index is -0.965. The maximum atomic E-state index is 11.3. The van der Waals surface area contributed by atoms with Crippen LogP contribution in [0.4, 0.5) is 11.6 Å². The predicted molar refractivity (Wildman–Crippen MR) is 106 cm³/mol. The quantitative estimate of drug-likeness (QED) is 0.686. The molecule has 2 N–H and O–H groups in total. The molecule has 0 spiro atoms. The number of aromatic nitrogens is 4. The average molecular weight is 392 g/mol. The minimum Gasteiger partial charge on any atom is -0.478 e. The summed E-state index contributed by atoms with van der Waals surface area (Å²) in [6.07, 6.45) is 5.28. The molecule has 4 rings (SSSR count). The van der Waals surface area contributed by atoms with Crippen LogP contribution in [0.15, 0.2) is 42.9 Å². The Bertz CT molecular complexity index is 1070. The standard InChI is InChI=1S/C20H20N6O3/c1-12-7-21-20(24-18(12)14-3-5-15(6-4-14)19(28)29)23-16-8-22-26(9-16)17-10-25(11-17)13(2)27/h3-9,17H,10-11H2,1-2H3,(H,28,29)(H,21,23,24). The number of benzene rings is 1. The van der Waals surface area contributed by atoms with Crippen molar-refractivity contribution >= 4 is 23.5 Å². The van der Waals surface area contributed by atoms with Gasteiger partial charge in [-0.05, 0) is 24.6 Å². The highest BCUT2D eigenvalue weighted by atomic mass is 16.4. The molecular formula is C20H20N6O3. The first-order chi connectivity index (χ1) is 13.9. The molecule has 0 saturated carbocycles. The summed E-state index contributed by atoms with van der Waals surface area (Å²) in [6.45, 7) is 4.79. The van der Waals surface area contributed by atoms with E-state index in [0.717, 1.165) is 22.5 Å². The zero-order chi connectivity index (χ0) is 20.5. The summed E-state index contributed by atoms with van der Waals surface area (Å²) in [5.74, 6) is -0.469. The fourth-order valence-electron chi connectivity index (χ4n) is 3.18. The van der Waals surface area contributed by atoms with E-state index in [0.29, 0.717) is 19.0 Å². The summed E-state index contributed by atoms with van der Waals surface area (Å²) in [5.41, 5.74) is 3.40. The summed E-state index contributed by atoms with van der Waals surface area (Å²) in [6, 6.07) is 6.76. The molecular weight excluding hydrogens is 372 g/mol. The molecule has 1 fully saturated rings. The molecule has 3 aromatic rings. The van der Waals surface area contributed by atoms with E-state index in [4.69, 9.17) is 5.11 Å². The molecule has 1 aliphatic heterocycles. The lowest BCUT2D eigenvalue weighted by molar-refractivity contribution is -0.134. The van der Waals surface area contributed by atoms with Crippen molar-refractivity contribution in [2.75, 3.05) is 18.4 Å². The molecule has 1 amide bonds. The lowest BCUT2D eigenvalue weighted by atomic mass is 10.1. The Morgan fingerprint density at radius 1 is 1.17 bits per heavy atom. The molecule has 148 valence electrons. The monoisotopic (exact) mass is 392 g/mol. The van der Waals surface area contributed by atoms with Crippen molar-refractivity contribution in [3.05, 3.63) is 54.0 Å². The van der Waals surface area contributed by atoms with Crippen molar-refractivity contribution in [1.82, 2.24) is 24.6 Å². The largest absolute Gasteiger partial charge is 0.478 e. The molecule has 0 radical (unpaired) electrons. The number of nitrogens with one attached hydrogen (secondary N) is 1. The van der Waals surface area contributed by atoms with E-state index in [9.17, 15) is 9.59 Å². The van der Waals surface area contributed by atoms with Crippen LogP contribution in [0.3, 0.4) is 0 Å². The molecule has 1 aromatic carbocycles. The summed E-state index contributed by atoms with van der Waals surface area (Å²) >= 11 is 0. The number of aromatic carboxylic acids is 1. The van der Waals surface area contributed by atoms with Gasteiger partial charge >= 0.3 is 5.97 Å². The minimum absolute atomic E-state index is 0.0729. The van der Waals surface area contributed by atoms with Crippen LogP contribution in [0.2, 0.25) is 0 Å². The van der Waals surface area contributed by atoms with E-state index in [1.54, 1.807) is 48.5 Å². The third-order valence-corrected chi connectivity index (χ3v) is 4.92. The predicted octanol–water partition coefficient (Wildman–Crippen LogP) is 2.49. The van der Waals surface area contributed by atoms with Crippen molar-refractivity contribution < 1.29 is 14.7 Å². The molecule has 3 heterocycles. The molecule has 1 aliphatic rings. The highest BCUT2D eigenvalue weighted by Crippen LogP contribution is 2.25. The number of hydrogen-bond donors (Lipinski definition) is 2. The number of rotatable bonds is 5. The number of nitrogens with zero attached hydrogens (tertiary/aromatic N) is 5. The Labute approximate surface area is 167 Å². The van der Waals surface area contributed by atoms with Gasteiger partial charge in [0, 0.05) is 38.0 Å². The Kier molecular flexibility index (Phi) is 4.71. The van der Waals surface area contributed by atoms with Crippen LogP contribution in [0, 0.1) is 6.92 Å². The number of carboxylic acids is 1. The normalized spacial score (nSPS) is 13.8. The number of likely N-dealkylation sites (tertiary alicyclic amines) is 1. The number of amides is 1. The van der Waals surface area contributed by atoms with E-state index in [2.05, 4.69) is 20.4 Å². The summed E-state index contributed by atoms with van der Waals surface area (Å²) in [4.78, 5) is 33.0.